The van der Waals surface area contributed by atoms with Gasteiger partial charge < -0.3 is 24.5 Å². The van der Waals surface area contributed by atoms with Gasteiger partial charge in [-0.25, -0.2) is 14.4 Å². The number of rotatable bonds is 6. The molecule has 9 nitrogen and oxygen atoms in total. The molecule has 27 heavy (non-hydrogen) atoms. The van der Waals surface area contributed by atoms with Crippen LogP contribution in [0.3, 0.4) is 0 Å². The maximum atomic E-state index is 12.1. The number of methoxy groups -OCH3 is 2. The van der Waals surface area contributed by atoms with Crippen LogP contribution in [0.25, 0.3) is 0 Å². The fourth-order valence-electron chi connectivity index (χ4n) is 2.06. The summed E-state index contributed by atoms with van der Waals surface area (Å²) in [5.41, 5.74) is 0.331. The Balaban J connectivity index is 2.11. The van der Waals surface area contributed by atoms with E-state index in [2.05, 4.69) is 35.7 Å². The summed E-state index contributed by atoms with van der Waals surface area (Å²) >= 11 is 3.18. The number of hydrogen-bond donors (Lipinski definition) is 2. The summed E-state index contributed by atoms with van der Waals surface area (Å²) in [4.78, 5) is 50.1. The smallest absolute Gasteiger partial charge is 0.355 e. The Morgan fingerprint density at radius 1 is 1.04 bits per heavy atom. The zero-order chi connectivity index (χ0) is 20.0. The first kappa shape index (κ1) is 20.2. The lowest BCUT2D eigenvalue weighted by Crippen LogP contribution is -2.22. The lowest BCUT2D eigenvalue weighted by Gasteiger charge is -2.11. The van der Waals surface area contributed by atoms with Gasteiger partial charge in [0.25, 0.3) is 5.91 Å². The van der Waals surface area contributed by atoms with E-state index in [4.69, 9.17) is 4.74 Å². The van der Waals surface area contributed by atoms with Crippen LogP contribution in [0.15, 0.2) is 34.9 Å². The second-order valence-electron chi connectivity index (χ2n) is 5.10. The maximum Gasteiger partial charge on any atom is 0.355 e. The van der Waals surface area contributed by atoms with E-state index in [1.807, 2.05) is 0 Å². The van der Waals surface area contributed by atoms with Gasteiger partial charge in [-0.15, -0.1) is 0 Å². The van der Waals surface area contributed by atoms with Gasteiger partial charge in [-0.05, 0) is 40.2 Å². The zero-order valence-corrected chi connectivity index (χ0v) is 15.9. The van der Waals surface area contributed by atoms with Crippen molar-refractivity contribution in [2.24, 2.45) is 0 Å². The van der Waals surface area contributed by atoms with Crippen molar-refractivity contribution in [3.8, 4) is 0 Å². The Bertz CT molecular complexity index is 891. The number of anilines is 1. The van der Waals surface area contributed by atoms with Gasteiger partial charge >= 0.3 is 17.9 Å². The molecule has 0 saturated heterocycles. The van der Waals surface area contributed by atoms with Gasteiger partial charge in [0.05, 0.1) is 31.0 Å². The Morgan fingerprint density at radius 2 is 1.74 bits per heavy atom. The highest BCUT2D eigenvalue weighted by Gasteiger charge is 2.18. The van der Waals surface area contributed by atoms with Crippen molar-refractivity contribution in [1.82, 2.24) is 4.98 Å². The first-order valence-corrected chi connectivity index (χ1v) is 8.26. The van der Waals surface area contributed by atoms with Crippen LogP contribution in [-0.4, -0.2) is 49.6 Å². The summed E-state index contributed by atoms with van der Waals surface area (Å²) in [7, 11) is 2.38. The molecule has 0 aliphatic heterocycles. The number of nitrogens with one attached hydrogen (secondary N) is 2. The van der Waals surface area contributed by atoms with Gasteiger partial charge in [-0.1, -0.05) is 0 Å². The molecule has 2 N–H and O–H groups in total. The molecule has 2 aromatic rings. The molecular formula is C17H15BrN2O7. The third-order valence-corrected chi connectivity index (χ3v) is 3.78. The molecule has 0 aliphatic carbocycles. The van der Waals surface area contributed by atoms with Crippen molar-refractivity contribution in [2.45, 2.75) is 0 Å². The highest BCUT2D eigenvalue weighted by atomic mass is 79.9. The van der Waals surface area contributed by atoms with Crippen molar-refractivity contribution in [2.75, 3.05) is 26.1 Å². The number of amides is 1. The molecule has 1 aromatic heterocycles. The average Bonchev–Trinajstić information content (AvgIpc) is 3.11. The summed E-state index contributed by atoms with van der Waals surface area (Å²) in [5.74, 6) is -2.80. The Labute approximate surface area is 162 Å². The average molecular weight is 439 g/mol. The molecular weight excluding hydrogens is 424 g/mol. The van der Waals surface area contributed by atoms with Crippen LogP contribution < -0.4 is 5.32 Å². The summed E-state index contributed by atoms with van der Waals surface area (Å²) in [5, 5.41) is 2.41. The first-order valence-electron chi connectivity index (χ1n) is 7.47. The Hall–Kier alpha value is -3.14. The molecule has 0 radical (unpaired) electrons. The lowest BCUT2D eigenvalue weighted by molar-refractivity contribution is -0.119. The van der Waals surface area contributed by atoms with E-state index in [0.717, 1.165) is 0 Å². The van der Waals surface area contributed by atoms with E-state index in [1.54, 1.807) is 0 Å². The number of hydrogen-bond acceptors (Lipinski definition) is 7. The van der Waals surface area contributed by atoms with Crippen molar-refractivity contribution in [3.63, 3.8) is 0 Å². The van der Waals surface area contributed by atoms with Gasteiger partial charge in [0.2, 0.25) is 0 Å². The number of esters is 3. The van der Waals surface area contributed by atoms with Crippen molar-refractivity contribution < 1.29 is 33.4 Å². The first-order chi connectivity index (χ1) is 12.8. The quantitative estimate of drug-likeness (QED) is 0.522. The van der Waals surface area contributed by atoms with Gasteiger partial charge in [-0.3, -0.25) is 4.79 Å². The maximum absolute atomic E-state index is 12.1. The molecule has 0 saturated carbocycles. The van der Waals surface area contributed by atoms with Crippen LogP contribution in [0, 0.1) is 0 Å². The molecule has 0 unspecified atom stereocenters. The van der Waals surface area contributed by atoms with E-state index in [-0.39, 0.29) is 22.5 Å². The van der Waals surface area contributed by atoms with Crippen LogP contribution in [0.5, 0.6) is 0 Å². The molecule has 10 heteroatoms. The number of carbonyl (C=O) groups is 4. The molecule has 1 amide bonds. The highest BCUT2D eigenvalue weighted by molar-refractivity contribution is 9.10. The molecule has 1 heterocycles. The second-order valence-corrected chi connectivity index (χ2v) is 6.02. The van der Waals surface area contributed by atoms with Crippen LogP contribution in [-0.2, 0) is 19.0 Å². The molecule has 0 fully saturated rings. The minimum Gasteiger partial charge on any atom is -0.465 e. The molecule has 0 atom stereocenters. The van der Waals surface area contributed by atoms with E-state index < -0.39 is 30.4 Å². The zero-order valence-electron chi connectivity index (χ0n) is 14.3. The van der Waals surface area contributed by atoms with Crippen LogP contribution in [0.2, 0.25) is 0 Å². The van der Waals surface area contributed by atoms with Crippen molar-refractivity contribution in [1.29, 1.82) is 0 Å². The number of ether oxygens (including phenoxy) is 3. The van der Waals surface area contributed by atoms with Crippen molar-refractivity contribution >= 4 is 45.4 Å². The van der Waals surface area contributed by atoms with E-state index in [0.29, 0.717) is 4.47 Å². The van der Waals surface area contributed by atoms with E-state index >= 15 is 0 Å². The number of carbonyl (C=O) groups excluding carboxylic acids is 4. The van der Waals surface area contributed by atoms with E-state index in [9.17, 15) is 19.2 Å². The highest BCUT2D eigenvalue weighted by Crippen LogP contribution is 2.20. The van der Waals surface area contributed by atoms with Gasteiger partial charge in [0, 0.05) is 10.7 Å². The van der Waals surface area contributed by atoms with Gasteiger partial charge in [-0.2, -0.15) is 0 Å². The fourth-order valence-corrected chi connectivity index (χ4v) is 2.40. The van der Waals surface area contributed by atoms with Gasteiger partial charge in [0.1, 0.15) is 5.69 Å². The minimum atomic E-state index is -0.729. The van der Waals surface area contributed by atoms with Crippen molar-refractivity contribution in [3.05, 3.63) is 51.8 Å². The fraction of sp³-hybridized carbons (Fsp3) is 0.176. The molecule has 0 bridgehead atoms. The molecule has 0 spiro atoms. The molecule has 142 valence electrons. The van der Waals surface area contributed by atoms with Gasteiger partial charge in [0.15, 0.2) is 6.61 Å². The summed E-state index contributed by atoms with van der Waals surface area (Å²) in [6.07, 6.45) is 1.54. The largest absolute Gasteiger partial charge is 0.465 e. The third kappa shape index (κ3) is 5.17. The predicted octanol–water partition coefficient (Wildman–Crippen LogP) is 2.15. The standard InChI is InChI=1S/C17H15BrN2O7/c1-25-15(22)9-3-4-11(16(23)26-2)12(5-9)20-14(21)8-27-17(24)13-6-10(18)7-19-13/h3-7,19H,8H2,1-2H3,(H,20,21). The third-order valence-electron chi connectivity index (χ3n) is 3.32. The number of halogens is 1. The predicted molar refractivity (Wildman–Crippen MR) is 96.5 cm³/mol. The summed E-state index contributed by atoms with van der Waals surface area (Å²) in [6, 6.07) is 5.43. The van der Waals surface area contributed by atoms with Crippen LogP contribution >= 0.6 is 15.9 Å². The van der Waals surface area contributed by atoms with Crippen LogP contribution in [0.1, 0.15) is 31.2 Å². The second kappa shape index (κ2) is 8.99. The summed E-state index contributed by atoms with van der Waals surface area (Å²) < 4.78 is 14.8. The number of benzene rings is 1. The van der Waals surface area contributed by atoms with Crippen LogP contribution in [0.4, 0.5) is 5.69 Å². The minimum absolute atomic E-state index is 0.0217. The number of H-pyrrole nitrogens is 1. The van der Waals surface area contributed by atoms with E-state index in [1.165, 1.54) is 44.7 Å². The topological polar surface area (TPSA) is 124 Å². The molecule has 2 rings (SSSR count). The number of aromatic amines is 1. The SMILES string of the molecule is COC(=O)c1ccc(C(=O)OC)c(NC(=O)COC(=O)c2cc(Br)c[nH]2)c1. The monoisotopic (exact) mass is 438 g/mol. The number of aromatic nitrogens is 1. The lowest BCUT2D eigenvalue weighted by atomic mass is 10.1. The normalized spacial score (nSPS) is 10.0. The Morgan fingerprint density at radius 3 is 2.33 bits per heavy atom. The molecule has 1 aromatic carbocycles. The summed E-state index contributed by atoms with van der Waals surface area (Å²) in [6.45, 7) is -0.599. The molecule has 0 aliphatic rings. The Kier molecular flexibility index (Phi) is 6.72.